The summed E-state index contributed by atoms with van der Waals surface area (Å²) in [5.74, 6) is 0.759. The molecule has 1 atom stereocenters. The van der Waals surface area contributed by atoms with E-state index in [1.54, 1.807) is 0 Å². The van der Waals surface area contributed by atoms with Crippen LogP contribution in [-0.4, -0.2) is 22.0 Å². The Morgan fingerprint density at radius 3 is 2.87 bits per heavy atom. The third-order valence-corrected chi connectivity index (χ3v) is 2.90. The molecule has 0 aliphatic carbocycles. The SMILES string of the molecule is Cc1cc(N)n(C2CCOC(C)(C)C2)n1. The first kappa shape index (κ1) is 10.5. The molecule has 1 saturated heterocycles. The number of ether oxygens (including phenoxy) is 1. The van der Waals surface area contributed by atoms with Gasteiger partial charge in [-0.3, -0.25) is 0 Å². The number of nitrogen functional groups attached to an aromatic ring is 1. The first-order valence-corrected chi connectivity index (χ1v) is 5.43. The van der Waals surface area contributed by atoms with Gasteiger partial charge in [0.15, 0.2) is 0 Å². The average Bonchev–Trinajstić information content (AvgIpc) is 2.43. The minimum Gasteiger partial charge on any atom is -0.384 e. The third-order valence-electron chi connectivity index (χ3n) is 2.90. The van der Waals surface area contributed by atoms with Crippen molar-refractivity contribution in [2.45, 2.75) is 45.3 Å². The van der Waals surface area contributed by atoms with Gasteiger partial charge in [-0.15, -0.1) is 0 Å². The fourth-order valence-corrected chi connectivity index (χ4v) is 2.24. The van der Waals surface area contributed by atoms with Crippen LogP contribution in [0.4, 0.5) is 5.82 Å². The molecule has 84 valence electrons. The van der Waals surface area contributed by atoms with Crippen LogP contribution in [0.5, 0.6) is 0 Å². The normalized spacial score (nSPS) is 25.4. The molecular formula is C11H19N3O. The van der Waals surface area contributed by atoms with Gasteiger partial charge in [0.05, 0.1) is 17.3 Å². The molecular weight excluding hydrogens is 190 g/mol. The van der Waals surface area contributed by atoms with E-state index in [4.69, 9.17) is 10.5 Å². The second-order valence-electron chi connectivity index (χ2n) is 4.91. The summed E-state index contributed by atoms with van der Waals surface area (Å²) in [6.07, 6.45) is 1.97. The maximum absolute atomic E-state index is 5.92. The number of hydrogen-bond acceptors (Lipinski definition) is 3. The van der Waals surface area contributed by atoms with Gasteiger partial charge in [0, 0.05) is 12.7 Å². The summed E-state index contributed by atoms with van der Waals surface area (Å²) in [7, 11) is 0. The van der Waals surface area contributed by atoms with E-state index in [2.05, 4.69) is 18.9 Å². The van der Waals surface area contributed by atoms with E-state index in [-0.39, 0.29) is 5.60 Å². The van der Waals surface area contributed by atoms with Crippen molar-refractivity contribution >= 4 is 5.82 Å². The smallest absolute Gasteiger partial charge is 0.122 e. The Morgan fingerprint density at radius 1 is 1.60 bits per heavy atom. The predicted molar refractivity (Wildman–Crippen MR) is 59.7 cm³/mol. The largest absolute Gasteiger partial charge is 0.384 e. The highest BCUT2D eigenvalue weighted by Gasteiger charge is 2.30. The fourth-order valence-electron chi connectivity index (χ4n) is 2.24. The highest BCUT2D eigenvalue weighted by Crippen LogP contribution is 2.32. The number of nitrogens with two attached hydrogens (primary N) is 1. The highest BCUT2D eigenvalue weighted by molar-refractivity contribution is 5.31. The van der Waals surface area contributed by atoms with Crippen LogP contribution in [0, 0.1) is 6.92 Å². The van der Waals surface area contributed by atoms with E-state index in [0.717, 1.165) is 31.0 Å². The lowest BCUT2D eigenvalue weighted by Gasteiger charge is -2.35. The Kier molecular flexibility index (Phi) is 2.46. The van der Waals surface area contributed by atoms with Crippen molar-refractivity contribution in [2.75, 3.05) is 12.3 Å². The summed E-state index contributed by atoms with van der Waals surface area (Å²) in [6.45, 7) is 6.99. The molecule has 1 aromatic rings. The summed E-state index contributed by atoms with van der Waals surface area (Å²) in [5.41, 5.74) is 6.84. The summed E-state index contributed by atoms with van der Waals surface area (Å²) in [5, 5.41) is 4.44. The van der Waals surface area contributed by atoms with E-state index in [9.17, 15) is 0 Å². The molecule has 0 saturated carbocycles. The van der Waals surface area contributed by atoms with Crippen LogP contribution in [0.1, 0.15) is 38.4 Å². The molecule has 4 heteroatoms. The average molecular weight is 209 g/mol. The fraction of sp³-hybridized carbons (Fsp3) is 0.727. The van der Waals surface area contributed by atoms with Crippen molar-refractivity contribution in [1.29, 1.82) is 0 Å². The van der Waals surface area contributed by atoms with Crippen molar-refractivity contribution in [1.82, 2.24) is 9.78 Å². The maximum atomic E-state index is 5.92. The van der Waals surface area contributed by atoms with E-state index in [1.165, 1.54) is 0 Å². The van der Waals surface area contributed by atoms with E-state index < -0.39 is 0 Å². The van der Waals surface area contributed by atoms with Crippen LogP contribution >= 0.6 is 0 Å². The number of hydrogen-bond donors (Lipinski definition) is 1. The molecule has 0 amide bonds. The van der Waals surface area contributed by atoms with Crippen molar-refractivity contribution < 1.29 is 4.74 Å². The zero-order valence-electron chi connectivity index (χ0n) is 9.66. The van der Waals surface area contributed by atoms with Gasteiger partial charge >= 0.3 is 0 Å². The van der Waals surface area contributed by atoms with Crippen molar-refractivity contribution in [3.05, 3.63) is 11.8 Å². The molecule has 2 N–H and O–H groups in total. The van der Waals surface area contributed by atoms with Crippen LogP contribution in [0.2, 0.25) is 0 Å². The van der Waals surface area contributed by atoms with Crippen LogP contribution in [0.25, 0.3) is 0 Å². The molecule has 1 aromatic heterocycles. The molecule has 2 rings (SSSR count). The van der Waals surface area contributed by atoms with Gasteiger partial charge < -0.3 is 10.5 Å². The van der Waals surface area contributed by atoms with Gasteiger partial charge in [0.1, 0.15) is 5.82 Å². The van der Waals surface area contributed by atoms with E-state index in [1.807, 2.05) is 17.7 Å². The van der Waals surface area contributed by atoms with Crippen LogP contribution in [0.15, 0.2) is 6.07 Å². The topological polar surface area (TPSA) is 53.1 Å². The Hall–Kier alpha value is -1.03. The van der Waals surface area contributed by atoms with Gasteiger partial charge in [-0.2, -0.15) is 5.10 Å². The maximum Gasteiger partial charge on any atom is 0.122 e. The number of aromatic nitrogens is 2. The van der Waals surface area contributed by atoms with Gasteiger partial charge in [0.25, 0.3) is 0 Å². The summed E-state index contributed by atoms with van der Waals surface area (Å²) >= 11 is 0. The molecule has 1 fully saturated rings. The Bertz CT molecular complexity index is 357. The second-order valence-corrected chi connectivity index (χ2v) is 4.91. The highest BCUT2D eigenvalue weighted by atomic mass is 16.5. The molecule has 0 spiro atoms. The number of nitrogens with zero attached hydrogens (tertiary/aromatic N) is 2. The number of rotatable bonds is 1. The molecule has 4 nitrogen and oxygen atoms in total. The van der Waals surface area contributed by atoms with Gasteiger partial charge in [-0.05, 0) is 33.6 Å². The summed E-state index contributed by atoms with van der Waals surface area (Å²) in [6, 6.07) is 2.30. The summed E-state index contributed by atoms with van der Waals surface area (Å²) < 4.78 is 7.63. The van der Waals surface area contributed by atoms with Crippen molar-refractivity contribution in [2.24, 2.45) is 0 Å². The number of anilines is 1. The molecule has 15 heavy (non-hydrogen) atoms. The molecule has 0 bridgehead atoms. The van der Waals surface area contributed by atoms with E-state index >= 15 is 0 Å². The first-order chi connectivity index (χ1) is 6.98. The molecule has 0 radical (unpaired) electrons. The molecule has 1 unspecified atom stereocenters. The Balaban J connectivity index is 2.20. The second kappa shape index (κ2) is 3.52. The first-order valence-electron chi connectivity index (χ1n) is 5.43. The van der Waals surface area contributed by atoms with E-state index in [0.29, 0.717) is 6.04 Å². The molecule has 0 aromatic carbocycles. The minimum absolute atomic E-state index is 0.0603. The molecule has 2 heterocycles. The van der Waals surface area contributed by atoms with Crippen LogP contribution in [-0.2, 0) is 4.74 Å². The quantitative estimate of drug-likeness (QED) is 0.768. The monoisotopic (exact) mass is 209 g/mol. The lowest BCUT2D eigenvalue weighted by atomic mass is 9.94. The lowest BCUT2D eigenvalue weighted by molar-refractivity contribution is -0.0704. The number of aryl methyl sites for hydroxylation is 1. The standard InChI is InChI=1S/C11H19N3O/c1-8-6-10(12)14(13-8)9-4-5-15-11(2,3)7-9/h6,9H,4-5,7,12H2,1-3H3. The Labute approximate surface area is 90.4 Å². The van der Waals surface area contributed by atoms with Crippen LogP contribution < -0.4 is 5.73 Å². The van der Waals surface area contributed by atoms with Gasteiger partial charge in [-0.25, -0.2) is 4.68 Å². The lowest BCUT2D eigenvalue weighted by Crippen LogP contribution is -2.35. The summed E-state index contributed by atoms with van der Waals surface area (Å²) in [4.78, 5) is 0. The zero-order valence-corrected chi connectivity index (χ0v) is 9.66. The molecule has 1 aliphatic rings. The Morgan fingerprint density at radius 2 is 2.33 bits per heavy atom. The van der Waals surface area contributed by atoms with Crippen molar-refractivity contribution in [3.63, 3.8) is 0 Å². The third kappa shape index (κ3) is 2.15. The molecule has 1 aliphatic heterocycles. The van der Waals surface area contributed by atoms with Gasteiger partial charge in [0.2, 0.25) is 0 Å². The minimum atomic E-state index is -0.0603. The zero-order chi connectivity index (χ0) is 11.1. The van der Waals surface area contributed by atoms with Gasteiger partial charge in [-0.1, -0.05) is 0 Å². The van der Waals surface area contributed by atoms with Crippen LogP contribution in [0.3, 0.4) is 0 Å². The van der Waals surface area contributed by atoms with Crippen molar-refractivity contribution in [3.8, 4) is 0 Å². The predicted octanol–water partition coefficient (Wildman–Crippen LogP) is 1.90.